The van der Waals surface area contributed by atoms with Crippen molar-refractivity contribution < 1.29 is 19.5 Å². The number of rotatable bonds is 5. The van der Waals surface area contributed by atoms with E-state index in [0.29, 0.717) is 32.5 Å². The van der Waals surface area contributed by atoms with Crippen LogP contribution in [0.25, 0.3) is 0 Å². The van der Waals surface area contributed by atoms with E-state index in [-0.39, 0.29) is 18.5 Å². The van der Waals surface area contributed by atoms with Gasteiger partial charge in [0.25, 0.3) is 0 Å². The highest BCUT2D eigenvalue weighted by Crippen LogP contribution is 2.05. The zero-order valence-corrected chi connectivity index (χ0v) is 12.1. The Bertz CT molecular complexity index is 373. The lowest BCUT2D eigenvalue weighted by atomic mass is 10.1. The number of aliphatic carboxylic acids is 1. The van der Waals surface area contributed by atoms with Crippen LogP contribution in [0.2, 0.25) is 0 Å². The highest BCUT2D eigenvalue weighted by molar-refractivity contribution is 5.84. The number of carboxylic acids is 1. The molecule has 0 aromatic rings. The molecule has 20 heavy (non-hydrogen) atoms. The van der Waals surface area contributed by atoms with E-state index in [1.807, 2.05) is 0 Å². The van der Waals surface area contributed by atoms with E-state index in [0.717, 1.165) is 6.42 Å². The van der Waals surface area contributed by atoms with Gasteiger partial charge in [0.15, 0.2) is 0 Å². The van der Waals surface area contributed by atoms with Crippen LogP contribution in [-0.2, 0) is 9.59 Å². The molecule has 1 aliphatic rings. The van der Waals surface area contributed by atoms with Gasteiger partial charge in [-0.2, -0.15) is 0 Å². The number of carbonyl (C=O) groups excluding carboxylic acids is 2. The van der Waals surface area contributed by atoms with Gasteiger partial charge in [0.2, 0.25) is 5.91 Å². The summed E-state index contributed by atoms with van der Waals surface area (Å²) < 4.78 is 0. The molecule has 0 spiro atoms. The van der Waals surface area contributed by atoms with Gasteiger partial charge >= 0.3 is 12.0 Å². The lowest BCUT2D eigenvalue weighted by molar-refractivity contribution is -0.141. The first-order valence-corrected chi connectivity index (χ1v) is 6.91. The third kappa shape index (κ3) is 5.07. The van der Waals surface area contributed by atoms with Crippen LogP contribution in [0.4, 0.5) is 4.79 Å². The number of hydrogen-bond donors (Lipinski definition) is 2. The highest BCUT2D eigenvalue weighted by atomic mass is 16.4. The first kappa shape index (κ1) is 16.3. The van der Waals surface area contributed by atoms with E-state index < -0.39 is 11.9 Å². The van der Waals surface area contributed by atoms with Crippen molar-refractivity contribution in [3.8, 4) is 0 Å². The van der Waals surface area contributed by atoms with E-state index >= 15 is 0 Å². The second-order valence-corrected chi connectivity index (χ2v) is 5.20. The maximum Gasteiger partial charge on any atom is 0.317 e. The quantitative estimate of drug-likeness (QED) is 0.714. The normalized spacial score (nSPS) is 17.6. The molecular formula is C13H23N3O4. The molecule has 1 atom stereocenters. The summed E-state index contributed by atoms with van der Waals surface area (Å²) in [5, 5.41) is 11.5. The minimum atomic E-state index is -0.822. The van der Waals surface area contributed by atoms with Crippen molar-refractivity contribution >= 4 is 17.9 Å². The fraction of sp³-hybridized carbons (Fsp3) is 0.769. The van der Waals surface area contributed by atoms with E-state index in [2.05, 4.69) is 5.32 Å². The van der Waals surface area contributed by atoms with Gasteiger partial charge in [-0.1, -0.05) is 6.92 Å². The molecular weight excluding hydrogens is 262 g/mol. The predicted molar refractivity (Wildman–Crippen MR) is 73.3 cm³/mol. The van der Waals surface area contributed by atoms with Crippen molar-refractivity contribution in [2.24, 2.45) is 5.92 Å². The Morgan fingerprint density at radius 2 is 2.10 bits per heavy atom. The summed E-state index contributed by atoms with van der Waals surface area (Å²) in [6.07, 6.45) is 1.91. The molecule has 2 N–H and O–H groups in total. The second-order valence-electron chi connectivity index (χ2n) is 5.20. The van der Waals surface area contributed by atoms with Crippen molar-refractivity contribution in [3.05, 3.63) is 0 Å². The Morgan fingerprint density at radius 1 is 1.40 bits per heavy atom. The topological polar surface area (TPSA) is 90.0 Å². The number of amides is 3. The smallest absolute Gasteiger partial charge is 0.317 e. The molecule has 7 nitrogen and oxygen atoms in total. The molecule has 0 aromatic carbocycles. The summed E-state index contributed by atoms with van der Waals surface area (Å²) in [6.45, 7) is 3.41. The zero-order chi connectivity index (χ0) is 15.1. The molecule has 1 heterocycles. The summed E-state index contributed by atoms with van der Waals surface area (Å²) in [5.74, 6) is -1.28. The number of carbonyl (C=O) groups is 3. The Kier molecular flexibility index (Phi) is 6.27. The molecule has 1 aliphatic heterocycles. The van der Waals surface area contributed by atoms with E-state index in [1.165, 1.54) is 4.90 Å². The molecule has 0 saturated carbocycles. The number of hydrogen-bond acceptors (Lipinski definition) is 3. The fourth-order valence-electron chi connectivity index (χ4n) is 2.00. The number of likely N-dealkylation sites (N-methyl/N-ethyl adjacent to an activating group) is 1. The first-order valence-electron chi connectivity index (χ1n) is 6.91. The lowest BCUT2D eigenvalue weighted by Gasteiger charge is -2.20. The van der Waals surface area contributed by atoms with Crippen LogP contribution in [0.5, 0.6) is 0 Å². The van der Waals surface area contributed by atoms with Gasteiger partial charge in [0, 0.05) is 26.7 Å². The van der Waals surface area contributed by atoms with Crippen LogP contribution in [0, 0.1) is 5.92 Å². The number of nitrogens with one attached hydrogen (secondary N) is 1. The summed E-state index contributed by atoms with van der Waals surface area (Å²) in [4.78, 5) is 37.3. The standard InChI is InChI=1S/C13H23N3O4/c1-10(12(18)19)5-3-6-14-13(20)16-8-4-7-15(2)11(17)9-16/h10H,3-9H2,1-2H3,(H,14,20)(H,18,19). The molecule has 1 rings (SSSR count). The second kappa shape index (κ2) is 7.72. The van der Waals surface area contributed by atoms with Gasteiger partial charge in [-0.25, -0.2) is 4.79 Å². The highest BCUT2D eigenvalue weighted by Gasteiger charge is 2.22. The third-order valence-electron chi connectivity index (χ3n) is 3.47. The SMILES string of the molecule is CC(CCCNC(=O)N1CCCN(C)C(=O)C1)C(=O)O. The first-order chi connectivity index (χ1) is 9.41. The number of carboxylic acid groups (broad SMARTS) is 1. The minimum absolute atomic E-state index is 0.0582. The molecule has 0 aromatic heterocycles. The largest absolute Gasteiger partial charge is 0.481 e. The number of nitrogens with zero attached hydrogens (tertiary/aromatic N) is 2. The maximum atomic E-state index is 11.9. The van der Waals surface area contributed by atoms with Gasteiger partial charge in [-0.05, 0) is 19.3 Å². The van der Waals surface area contributed by atoms with Crippen molar-refractivity contribution in [3.63, 3.8) is 0 Å². The fourth-order valence-corrected chi connectivity index (χ4v) is 2.00. The molecule has 1 fully saturated rings. The molecule has 3 amide bonds. The maximum absolute atomic E-state index is 11.9. The van der Waals surface area contributed by atoms with E-state index in [9.17, 15) is 14.4 Å². The van der Waals surface area contributed by atoms with Gasteiger partial charge in [-0.15, -0.1) is 0 Å². The summed E-state index contributed by atoms with van der Waals surface area (Å²) in [5.41, 5.74) is 0. The monoisotopic (exact) mass is 285 g/mol. The van der Waals surface area contributed by atoms with Crippen molar-refractivity contribution in [2.45, 2.75) is 26.2 Å². The lowest BCUT2D eigenvalue weighted by Crippen LogP contribution is -2.44. The Labute approximate surface area is 118 Å². The zero-order valence-electron chi connectivity index (χ0n) is 12.1. The van der Waals surface area contributed by atoms with E-state index in [4.69, 9.17) is 5.11 Å². The molecule has 0 bridgehead atoms. The summed E-state index contributed by atoms with van der Waals surface area (Å²) >= 11 is 0. The van der Waals surface area contributed by atoms with Crippen LogP contribution in [0.3, 0.4) is 0 Å². The molecule has 0 aliphatic carbocycles. The summed E-state index contributed by atoms with van der Waals surface area (Å²) in [7, 11) is 1.73. The molecule has 114 valence electrons. The Morgan fingerprint density at radius 3 is 2.75 bits per heavy atom. The van der Waals surface area contributed by atoms with Crippen LogP contribution in [0.15, 0.2) is 0 Å². The average Bonchev–Trinajstić information content (AvgIpc) is 2.56. The van der Waals surface area contributed by atoms with E-state index in [1.54, 1.807) is 18.9 Å². The van der Waals surface area contributed by atoms with Crippen molar-refractivity contribution in [1.82, 2.24) is 15.1 Å². The van der Waals surface area contributed by atoms with Gasteiger partial charge < -0.3 is 20.2 Å². The van der Waals surface area contributed by atoms with Crippen molar-refractivity contribution in [1.29, 1.82) is 0 Å². The third-order valence-corrected chi connectivity index (χ3v) is 3.47. The Hall–Kier alpha value is -1.79. The van der Waals surface area contributed by atoms with Crippen LogP contribution in [-0.4, -0.2) is 66.0 Å². The van der Waals surface area contributed by atoms with Gasteiger partial charge in [0.1, 0.15) is 6.54 Å². The molecule has 7 heteroatoms. The predicted octanol–water partition coefficient (Wildman–Crippen LogP) is 0.361. The van der Waals surface area contributed by atoms with Gasteiger partial charge in [-0.3, -0.25) is 9.59 Å². The van der Waals surface area contributed by atoms with Crippen LogP contribution >= 0.6 is 0 Å². The minimum Gasteiger partial charge on any atom is -0.481 e. The molecule has 1 unspecified atom stereocenters. The Balaban J connectivity index is 2.28. The molecule has 0 radical (unpaired) electrons. The van der Waals surface area contributed by atoms with Crippen LogP contribution < -0.4 is 5.32 Å². The van der Waals surface area contributed by atoms with Crippen molar-refractivity contribution in [2.75, 3.05) is 33.2 Å². The van der Waals surface area contributed by atoms with Gasteiger partial charge in [0.05, 0.1) is 5.92 Å². The van der Waals surface area contributed by atoms with Crippen LogP contribution in [0.1, 0.15) is 26.2 Å². The average molecular weight is 285 g/mol. The summed E-state index contributed by atoms with van der Waals surface area (Å²) in [6, 6.07) is -0.253. The molecule has 1 saturated heterocycles. The number of urea groups is 1.